The first-order valence-corrected chi connectivity index (χ1v) is 15.7. The third-order valence-electron chi connectivity index (χ3n) is 10.4. The van der Waals surface area contributed by atoms with E-state index in [0.29, 0.717) is 37.1 Å². The van der Waals surface area contributed by atoms with Gasteiger partial charge in [0.2, 0.25) is 5.91 Å². The lowest BCUT2D eigenvalue weighted by atomic mass is 9.53. The normalized spacial score (nSPS) is 32.1. The molecule has 1 aliphatic carbocycles. The summed E-state index contributed by atoms with van der Waals surface area (Å²) in [5.41, 5.74) is -0.678. The Labute approximate surface area is 255 Å². The number of carbonyl (C=O) groups excluding carboxylic acids is 2. The standard InChI is InChI=1S/C32H38Cl2FN3O4/c1-17(39)24-8-7-18(16-42-24)13-23(40)28-26(19-5-4-6-21(33)27(19)35)32(31(38-28)11-9-30(2,3)10-12-31)20-15-36-25(34)14-22(20)37-29(32)41/h4-6,14-15,17-18,24,26,28,38-39H,7-13,16H2,1-3H3,(H,37,41)/t17-,18?,24+,26+,28+,32?/m1/s1. The molecule has 1 saturated carbocycles. The highest BCUT2D eigenvalue weighted by atomic mass is 35.5. The first-order valence-electron chi connectivity index (χ1n) is 14.9. The highest BCUT2D eigenvalue weighted by molar-refractivity contribution is 6.31. The number of halogens is 3. The Hall–Kier alpha value is -2.10. The van der Waals surface area contributed by atoms with Gasteiger partial charge in [-0.05, 0) is 74.5 Å². The molecular weight excluding hydrogens is 580 g/mol. The maximum Gasteiger partial charge on any atom is 0.237 e. The maximum absolute atomic E-state index is 16.1. The molecule has 7 nitrogen and oxygen atoms in total. The molecule has 0 bridgehead atoms. The number of nitrogens with zero attached hydrogens (tertiary/aromatic N) is 1. The van der Waals surface area contributed by atoms with Crippen LogP contribution in [0.25, 0.3) is 0 Å². The molecular formula is C32H38Cl2FN3O4. The monoisotopic (exact) mass is 617 g/mol. The minimum Gasteiger partial charge on any atom is -0.391 e. The Morgan fingerprint density at radius 1 is 1.21 bits per heavy atom. The zero-order valence-corrected chi connectivity index (χ0v) is 25.7. The summed E-state index contributed by atoms with van der Waals surface area (Å²) in [6, 6.07) is 5.58. The molecule has 3 N–H and O–H groups in total. The van der Waals surface area contributed by atoms with E-state index in [0.717, 1.165) is 19.3 Å². The second-order valence-corrected chi connectivity index (χ2v) is 14.3. The van der Waals surface area contributed by atoms with Crippen LogP contribution in [0.15, 0.2) is 30.5 Å². The van der Waals surface area contributed by atoms with E-state index in [1.165, 1.54) is 6.07 Å². The van der Waals surface area contributed by atoms with Gasteiger partial charge in [-0.3, -0.25) is 14.9 Å². The van der Waals surface area contributed by atoms with Gasteiger partial charge in [0.05, 0.1) is 29.9 Å². The molecule has 1 amide bonds. The number of carbonyl (C=O) groups is 2. The largest absolute Gasteiger partial charge is 0.391 e. The first-order chi connectivity index (χ1) is 19.9. The van der Waals surface area contributed by atoms with E-state index < -0.39 is 34.8 Å². The lowest BCUT2D eigenvalue weighted by Gasteiger charge is -2.50. The number of ketones is 1. The highest BCUT2D eigenvalue weighted by Crippen LogP contribution is 2.64. The molecule has 6 atom stereocenters. The number of aromatic nitrogens is 1. The zero-order valence-electron chi connectivity index (χ0n) is 24.2. The molecule has 226 valence electrons. The summed E-state index contributed by atoms with van der Waals surface area (Å²) in [5.74, 6) is -1.91. The number of ether oxygens (including phenoxy) is 1. The van der Waals surface area contributed by atoms with Crippen molar-refractivity contribution in [3.8, 4) is 0 Å². The second-order valence-electron chi connectivity index (χ2n) is 13.5. The lowest BCUT2D eigenvalue weighted by Crippen LogP contribution is -2.61. The molecule has 4 heterocycles. The summed E-state index contributed by atoms with van der Waals surface area (Å²) in [5, 5.41) is 16.9. The van der Waals surface area contributed by atoms with Crippen molar-refractivity contribution >= 4 is 40.6 Å². The average molecular weight is 619 g/mol. The van der Waals surface area contributed by atoms with Crippen molar-refractivity contribution in [3.05, 3.63) is 57.6 Å². The van der Waals surface area contributed by atoms with Crippen molar-refractivity contribution in [2.45, 2.75) is 101 Å². The molecule has 2 spiro atoms. The quantitative estimate of drug-likeness (QED) is 0.359. The van der Waals surface area contributed by atoms with Crippen LogP contribution in [0.3, 0.4) is 0 Å². The highest BCUT2D eigenvalue weighted by Gasteiger charge is 2.73. The topological polar surface area (TPSA) is 101 Å². The van der Waals surface area contributed by atoms with Gasteiger partial charge >= 0.3 is 0 Å². The number of aliphatic hydroxyl groups excluding tert-OH is 1. The minimum absolute atomic E-state index is 0.0397. The fourth-order valence-electron chi connectivity index (χ4n) is 8.13. The molecule has 2 saturated heterocycles. The van der Waals surface area contributed by atoms with Crippen molar-refractivity contribution in [1.29, 1.82) is 0 Å². The Bertz CT molecular complexity index is 1400. The van der Waals surface area contributed by atoms with Crippen molar-refractivity contribution < 1.29 is 23.8 Å². The van der Waals surface area contributed by atoms with Crippen LogP contribution in [0.4, 0.5) is 10.1 Å². The SMILES string of the molecule is C[C@@H](O)[C@@H]1CCC(CC(=O)[C@@H]2NC3(CCC(C)(C)CC3)C3(C(=O)Nc4cc(Cl)ncc43)[C@H]2c2cccc(Cl)c2F)CO1. The summed E-state index contributed by atoms with van der Waals surface area (Å²) >= 11 is 12.6. The van der Waals surface area contributed by atoms with Gasteiger partial charge in [-0.2, -0.15) is 0 Å². The van der Waals surface area contributed by atoms with E-state index in [9.17, 15) is 14.7 Å². The summed E-state index contributed by atoms with van der Waals surface area (Å²) in [4.78, 5) is 33.3. The molecule has 10 heteroatoms. The zero-order chi connectivity index (χ0) is 30.0. The van der Waals surface area contributed by atoms with Gasteiger partial charge in [0, 0.05) is 35.3 Å². The fraction of sp³-hybridized carbons (Fsp3) is 0.594. The molecule has 0 radical (unpaired) electrons. The number of Topliss-reactive ketones (excluding diaryl/α,β-unsaturated/α-hetero) is 1. The van der Waals surface area contributed by atoms with Crippen molar-refractivity contribution in [3.63, 3.8) is 0 Å². The van der Waals surface area contributed by atoms with E-state index in [-0.39, 0.29) is 51.3 Å². The molecule has 3 aliphatic heterocycles. The maximum atomic E-state index is 16.1. The van der Waals surface area contributed by atoms with Gasteiger partial charge in [0.15, 0.2) is 5.78 Å². The number of nitrogens with one attached hydrogen (secondary N) is 2. The third-order valence-corrected chi connectivity index (χ3v) is 10.9. The van der Waals surface area contributed by atoms with Gasteiger partial charge < -0.3 is 15.2 Å². The molecule has 6 rings (SSSR count). The van der Waals surface area contributed by atoms with Gasteiger partial charge in [-0.25, -0.2) is 9.37 Å². The molecule has 42 heavy (non-hydrogen) atoms. The number of pyridine rings is 1. The molecule has 1 aromatic carbocycles. The van der Waals surface area contributed by atoms with Crippen LogP contribution in [0, 0.1) is 17.2 Å². The van der Waals surface area contributed by atoms with Crippen LogP contribution in [0.1, 0.15) is 82.8 Å². The van der Waals surface area contributed by atoms with Gasteiger partial charge in [-0.1, -0.05) is 49.2 Å². The van der Waals surface area contributed by atoms with Crippen LogP contribution in [-0.4, -0.2) is 52.2 Å². The number of fused-ring (bicyclic) bond motifs is 3. The summed E-state index contributed by atoms with van der Waals surface area (Å²) in [6.07, 6.45) is 5.31. The molecule has 3 fully saturated rings. The predicted octanol–water partition coefficient (Wildman–Crippen LogP) is 5.95. The number of hydrogen-bond donors (Lipinski definition) is 3. The Morgan fingerprint density at radius 2 is 1.95 bits per heavy atom. The summed E-state index contributed by atoms with van der Waals surface area (Å²) in [6.45, 7) is 6.50. The second kappa shape index (κ2) is 10.8. The summed E-state index contributed by atoms with van der Waals surface area (Å²) in [7, 11) is 0. The van der Waals surface area contributed by atoms with Crippen LogP contribution in [0.5, 0.6) is 0 Å². The van der Waals surface area contributed by atoms with Crippen LogP contribution < -0.4 is 10.6 Å². The fourth-order valence-corrected chi connectivity index (χ4v) is 8.47. The van der Waals surface area contributed by atoms with Crippen LogP contribution in [-0.2, 0) is 19.7 Å². The van der Waals surface area contributed by atoms with Gasteiger partial charge in [0.1, 0.15) is 16.4 Å². The van der Waals surface area contributed by atoms with E-state index in [1.54, 1.807) is 31.3 Å². The number of amides is 1. The number of rotatable bonds is 5. The number of aliphatic hydroxyl groups is 1. The average Bonchev–Trinajstić information content (AvgIpc) is 3.40. The van der Waals surface area contributed by atoms with Crippen LogP contribution >= 0.6 is 23.2 Å². The molecule has 4 aliphatic rings. The van der Waals surface area contributed by atoms with E-state index in [2.05, 4.69) is 29.5 Å². The van der Waals surface area contributed by atoms with E-state index in [4.69, 9.17) is 27.9 Å². The van der Waals surface area contributed by atoms with Gasteiger partial charge in [-0.15, -0.1) is 0 Å². The van der Waals surface area contributed by atoms with Crippen molar-refractivity contribution in [2.24, 2.45) is 11.3 Å². The predicted molar refractivity (Wildman–Crippen MR) is 159 cm³/mol. The van der Waals surface area contributed by atoms with Crippen molar-refractivity contribution in [1.82, 2.24) is 10.3 Å². The Balaban J connectivity index is 1.49. The smallest absolute Gasteiger partial charge is 0.237 e. The number of anilines is 1. The minimum atomic E-state index is -1.32. The molecule has 2 aromatic rings. The Kier molecular flexibility index (Phi) is 7.71. The first kappa shape index (κ1) is 29.9. The van der Waals surface area contributed by atoms with E-state index >= 15 is 4.39 Å². The van der Waals surface area contributed by atoms with Gasteiger partial charge in [0.25, 0.3) is 0 Å². The Morgan fingerprint density at radius 3 is 2.62 bits per heavy atom. The van der Waals surface area contributed by atoms with Crippen molar-refractivity contribution in [2.75, 3.05) is 11.9 Å². The molecule has 1 aromatic heterocycles. The summed E-state index contributed by atoms with van der Waals surface area (Å²) < 4.78 is 21.9. The number of benzene rings is 1. The molecule has 2 unspecified atom stereocenters. The lowest BCUT2D eigenvalue weighted by molar-refractivity contribution is -0.125. The third kappa shape index (κ3) is 4.69. The van der Waals surface area contributed by atoms with Crippen LogP contribution in [0.2, 0.25) is 10.2 Å². The van der Waals surface area contributed by atoms with E-state index in [1.807, 2.05) is 0 Å². The number of hydrogen-bond acceptors (Lipinski definition) is 6.